The zero-order valence-corrected chi connectivity index (χ0v) is 17.0. The fourth-order valence-corrected chi connectivity index (χ4v) is 4.27. The number of carbonyl (C=O) groups is 2. The van der Waals surface area contributed by atoms with Crippen LogP contribution in [0.2, 0.25) is 0 Å². The van der Waals surface area contributed by atoms with Crippen LogP contribution in [0.3, 0.4) is 0 Å². The number of hydrogen-bond donors (Lipinski definition) is 1. The highest BCUT2D eigenvalue weighted by molar-refractivity contribution is 7.14. The monoisotopic (exact) mass is 393 g/mol. The van der Waals surface area contributed by atoms with Crippen LogP contribution in [-0.2, 0) is 9.59 Å². The van der Waals surface area contributed by atoms with E-state index >= 15 is 0 Å². The summed E-state index contributed by atoms with van der Waals surface area (Å²) < 4.78 is 0. The molecule has 2 amide bonds. The number of hydrogen-bond acceptors (Lipinski definition) is 4. The van der Waals surface area contributed by atoms with Crippen LogP contribution in [0.1, 0.15) is 27.2 Å². The first-order valence-corrected chi connectivity index (χ1v) is 10.3. The molecule has 0 saturated carbocycles. The van der Waals surface area contributed by atoms with E-state index < -0.39 is 0 Å². The van der Waals surface area contributed by atoms with Crippen LogP contribution in [-0.4, -0.2) is 33.8 Å². The van der Waals surface area contributed by atoms with Crippen molar-refractivity contribution in [2.75, 3.05) is 11.9 Å². The second-order valence-electron chi connectivity index (χ2n) is 8.17. The molecule has 1 aromatic heterocycles. The number of nitrogens with zero attached hydrogens (tertiary/aromatic N) is 2. The molecule has 28 heavy (non-hydrogen) atoms. The Morgan fingerprint density at radius 2 is 1.93 bits per heavy atom. The minimum atomic E-state index is -0.334. The van der Waals surface area contributed by atoms with Crippen LogP contribution in [0.15, 0.2) is 47.8 Å². The lowest BCUT2D eigenvalue weighted by Crippen LogP contribution is -2.42. The summed E-state index contributed by atoms with van der Waals surface area (Å²) in [6.07, 6.45) is 0.256. The number of rotatable bonds is 3. The van der Waals surface area contributed by atoms with Crippen molar-refractivity contribution in [3.8, 4) is 11.3 Å². The van der Waals surface area contributed by atoms with E-state index in [0.717, 1.165) is 16.6 Å². The first kappa shape index (κ1) is 18.6. The molecule has 1 aliphatic heterocycles. The number of likely N-dealkylation sites (tertiary alicyclic amines) is 1. The largest absolute Gasteiger partial charge is 0.337 e. The molecule has 1 unspecified atom stereocenters. The van der Waals surface area contributed by atoms with Gasteiger partial charge in [0.1, 0.15) is 0 Å². The minimum Gasteiger partial charge on any atom is -0.337 e. The van der Waals surface area contributed by atoms with E-state index in [1.807, 2.05) is 44.4 Å². The third-order valence-electron chi connectivity index (χ3n) is 5.09. The first-order chi connectivity index (χ1) is 13.3. The number of benzene rings is 2. The van der Waals surface area contributed by atoms with Crippen molar-refractivity contribution < 1.29 is 9.59 Å². The second kappa shape index (κ2) is 7.02. The summed E-state index contributed by atoms with van der Waals surface area (Å²) in [4.78, 5) is 31.2. The Labute approximate surface area is 168 Å². The number of thiazole rings is 1. The SMILES string of the molecule is CC(C)(C)N1CC(C(=O)Nc2nc(-c3ccc4ccccc4c3)cs2)CC1=O. The topological polar surface area (TPSA) is 62.3 Å². The zero-order valence-electron chi connectivity index (χ0n) is 16.2. The molecule has 4 rings (SSSR count). The molecule has 144 valence electrons. The third-order valence-corrected chi connectivity index (χ3v) is 5.84. The molecule has 1 saturated heterocycles. The van der Waals surface area contributed by atoms with Crippen LogP contribution in [0.25, 0.3) is 22.0 Å². The predicted molar refractivity (Wildman–Crippen MR) is 113 cm³/mol. The van der Waals surface area contributed by atoms with Crippen molar-refractivity contribution in [1.82, 2.24) is 9.88 Å². The van der Waals surface area contributed by atoms with E-state index in [0.29, 0.717) is 11.7 Å². The minimum absolute atomic E-state index is 0.0311. The molecule has 6 heteroatoms. The number of fused-ring (bicyclic) bond motifs is 1. The van der Waals surface area contributed by atoms with E-state index in [2.05, 4.69) is 34.6 Å². The Balaban J connectivity index is 1.47. The van der Waals surface area contributed by atoms with Gasteiger partial charge < -0.3 is 10.2 Å². The van der Waals surface area contributed by atoms with Gasteiger partial charge in [0.15, 0.2) is 5.13 Å². The highest BCUT2D eigenvalue weighted by atomic mass is 32.1. The normalized spacial score (nSPS) is 17.3. The van der Waals surface area contributed by atoms with Crippen LogP contribution in [0, 0.1) is 5.92 Å². The molecular formula is C22H23N3O2S. The van der Waals surface area contributed by atoms with Gasteiger partial charge in [0, 0.05) is 29.4 Å². The van der Waals surface area contributed by atoms with Gasteiger partial charge in [-0.25, -0.2) is 4.98 Å². The average molecular weight is 394 g/mol. The molecule has 2 aromatic carbocycles. The van der Waals surface area contributed by atoms with Crippen molar-refractivity contribution in [3.63, 3.8) is 0 Å². The summed E-state index contributed by atoms with van der Waals surface area (Å²) in [5.74, 6) is -0.442. The lowest BCUT2D eigenvalue weighted by atomic mass is 10.1. The fourth-order valence-electron chi connectivity index (χ4n) is 3.55. The van der Waals surface area contributed by atoms with E-state index in [1.54, 1.807) is 4.90 Å². The molecule has 1 atom stereocenters. The van der Waals surface area contributed by atoms with Crippen molar-refractivity contribution >= 4 is 39.1 Å². The number of nitrogens with one attached hydrogen (secondary N) is 1. The average Bonchev–Trinajstić information content (AvgIpc) is 3.27. The molecule has 1 aliphatic rings. The molecule has 0 bridgehead atoms. The van der Waals surface area contributed by atoms with E-state index in [1.165, 1.54) is 16.7 Å². The third kappa shape index (κ3) is 3.64. The standard InChI is InChI=1S/C22H23N3O2S/c1-22(2,3)25-12-17(11-19(25)26)20(27)24-21-23-18(13-28-21)16-9-8-14-6-4-5-7-15(14)10-16/h4-10,13,17H,11-12H2,1-3H3,(H,23,24,27). The Morgan fingerprint density at radius 3 is 2.64 bits per heavy atom. The molecule has 0 aliphatic carbocycles. The second-order valence-corrected chi connectivity index (χ2v) is 9.02. The maximum Gasteiger partial charge on any atom is 0.231 e. The van der Waals surface area contributed by atoms with Gasteiger partial charge in [-0.3, -0.25) is 9.59 Å². The lowest BCUT2D eigenvalue weighted by Gasteiger charge is -2.31. The van der Waals surface area contributed by atoms with Gasteiger partial charge in [-0.05, 0) is 37.6 Å². The molecule has 0 radical (unpaired) electrons. The van der Waals surface area contributed by atoms with Crippen molar-refractivity contribution in [3.05, 3.63) is 47.8 Å². The highest BCUT2D eigenvalue weighted by Gasteiger charge is 2.39. The molecule has 2 heterocycles. The number of aromatic nitrogens is 1. The first-order valence-electron chi connectivity index (χ1n) is 9.37. The van der Waals surface area contributed by atoms with Crippen LogP contribution < -0.4 is 5.32 Å². The maximum absolute atomic E-state index is 12.6. The molecule has 0 spiro atoms. The smallest absolute Gasteiger partial charge is 0.231 e. The highest BCUT2D eigenvalue weighted by Crippen LogP contribution is 2.30. The zero-order chi connectivity index (χ0) is 19.9. The van der Waals surface area contributed by atoms with E-state index in [9.17, 15) is 9.59 Å². The van der Waals surface area contributed by atoms with Gasteiger partial charge in [0.05, 0.1) is 11.6 Å². The Bertz CT molecular complexity index is 1050. The van der Waals surface area contributed by atoms with Gasteiger partial charge in [0.2, 0.25) is 11.8 Å². The van der Waals surface area contributed by atoms with Crippen LogP contribution in [0.5, 0.6) is 0 Å². The van der Waals surface area contributed by atoms with Gasteiger partial charge in [-0.15, -0.1) is 11.3 Å². The fraction of sp³-hybridized carbons (Fsp3) is 0.318. The summed E-state index contributed by atoms with van der Waals surface area (Å²) in [6, 6.07) is 14.4. The predicted octanol–water partition coefficient (Wildman–Crippen LogP) is 4.55. The van der Waals surface area contributed by atoms with Crippen molar-refractivity contribution in [1.29, 1.82) is 0 Å². The van der Waals surface area contributed by atoms with Gasteiger partial charge in [-0.2, -0.15) is 0 Å². The summed E-state index contributed by atoms with van der Waals surface area (Å²) >= 11 is 1.40. The van der Waals surface area contributed by atoms with Gasteiger partial charge >= 0.3 is 0 Å². The Morgan fingerprint density at radius 1 is 1.18 bits per heavy atom. The molecular weight excluding hydrogens is 370 g/mol. The Hall–Kier alpha value is -2.73. The summed E-state index contributed by atoms with van der Waals surface area (Å²) in [5, 5.41) is 7.75. The number of anilines is 1. The van der Waals surface area contributed by atoms with Crippen LogP contribution in [0.4, 0.5) is 5.13 Å². The maximum atomic E-state index is 12.6. The Kier molecular flexibility index (Phi) is 4.67. The molecule has 3 aromatic rings. The summed E-state index contributed by atoms with van der Waals surface area (Å²) in [7, 11) is 0. The number of amides is 2. The summed E-state index contributed by atoms with van der Waals surface area (Å²) in [6.45, 7) is 6.42. The van der Waals surface area contributed by atoms with E-state index in [4.69, 9.17) is 0 Å². The van der Waals surface area contributed by atoms with Crippen molar-refractivity contribution in [2.45, 2.75) is 32.7 Å². The quantitative estimate of drug-likeness (QED) is 0.710. The lowest BCUT2D eigenvalue weighted by molar-refractivity contribution is -0.131. The summed E-state index contributed by atoms with van der Waals surface area (Å²) in [5.41, 5.74) is 1.59. The van der Waals surface area contributed by atoms with Gasteiger partial charge in [-0.1, -0.05) is 36.4 Å². The van der Waals surface area contributed by atoms with Crippen molar-refractivity contribution in [2.24, 2.45) is 5.92 Å². The van der Waals surface area contributed by atoms with Gasteiger partial charge in [0.25, 0.3) is 0 Å². The molecule has 1 N–H and O–H groups in total. The molecule has 5 nitrogen and oxygen atoms in total. The van der Waals surface area contributed by atoms with Crippen LogP contribution >= 0.6 is 11.3 Å². The molecule has 1 fully saturated rings. The number of carbonyl (C=O) groups excluding carboxylic acids is 2. The van der Waals surface area contributed by atoms with E-state index in [-0.39, 0.29) is 29.7 Å².